The van der Waals surface area contributed by atoms with Crippen molar-refractivity contribution in [3.8, 4) is 0 Å². The average Bonchev–Trinajstić information content (AvgIpc) is 3.55. The second-order valence-corrected chi connectivity index (χ2v) is 11.5. The lowest BCUT2D eigenvalue weighted by molar-refractivity contribution is -0.113. The zero-order valence-electron chi connectivity index (χ0n) is 19.7. The molecule has 0 unspecified atom stereocenters. The van der Waals surface area contributed by atoms with E-state index in [0.717, 1.165) is 16.1 Å². The maximum Gasteiger partial charge on any atom is 0.282 e. The molecule has 0 saturated heterocycles. The maximum atomic E-state index is 15.2. The highest BCUT2D eigenvalue weighted by Gasteiger charge is 2.32. The van der Waals surface area contributed by atoms with Gasteiger partial charge in [0, 0.05) is 22.9 Å². The molecule has 5 aromatic rings. The smallest absolute Gasteiger partial charge is 0.282 e. The van der Waals surface area contributed by atoms with Crippen molar-refractivity contribution in [1.29, 1.82) is 0 Å². The van der Waals surface area contributed by atoms with Crippen molar-refractivity contribution in [3.63, 3.8) is 0 Å². The van der Waals surface area contributed by atoms with Crippen LogP contribution in [0, 0.1) is 5.82 Å². The van der Waals surface area contributed by atoms with Gasteiger partial charge in [0.1, 0.15) is 28.4 Å². The first-order valence-corrected chi connectivity index (χ1v) is 14.1. The number of aromatic nitrogens is 1. The molecule has 0 radical (unpaired) electrons. The van der Waals surface area contributed by atoms with Crippen LogP contribution in [0.3, 0.4) is 0 Å². The normalized spacial score (nSPS) is 14.1. The number of furan rings is 2. The molecule has 0 spiro atoms. The number of carbonyl (C=O) groups is 2. The Morgan fingerprint density at radius 1 is 1.21 bits per heavy atom. The van der Waals surface area contributed by atoms with Gasteiger partial charge in [-0.2, -0.15) is 0 Å². The number of fused-ring (bicyclic) bond motifs is 4. The van der Waals surface area contributed by atoms with E-state index in [1.165, 1.54) is 23.0 Å². The van der Waals surface area contributed by atoms with Crippen LogP contribution in [0.1, 0.15) is 28.2 Å². The number of benzene rings is 2. The highest BCUT2D eigenvalue weighted by molar-refractivity contribution is 9.10. The summed E-state index contributed by atoms with van der Waals surface area (Å²) in [4.78, 5) is 26.6. The Morgan fingerprint density at radius 3 is 2.76 bits per heavy atom. The van der Waals surface area contributed by atoms with Crippen molar-refractivity contribution in [2.24, 2.45) is 0 Å². The molecule has 38 heavy (non-hydrogen) atoms. The second kappa shape index (κ2) is 8.81. The quantitative estimate of drug-likeness (QED) is 0.279. The lowest BCUT2D eigenvalue weighted by atomic mass is 9.93. The maximum absolute atomic E-state index is 15.2. The van der Waals surface area contributed by atoms with E-state index in [-0.39, 0.29) is 52.1 Å². The fraction of sp³-hybridized carbons (Fsp3) is 0.111. The molecule has 1 amide bonds. The van der Waals surface area contributed by atoms with Crippen LogP contribution in [0.2, 0.25) is 0 Å². The number of ketones is 1. The Hall–Kier alpha value is -3.96. The second-order valence-electron chi connectivity index (χ2n) is 8.94. The first-order chi connectivity index (χ1) is 18.1. The highest BCUT2D eigenvalue weighted by Crippen LogP contribution is 2.40. The van der Waals surface area contributed by atoms with Gasteiger partial charge in [0.15, 0.2) is 5.78 Å². The number of para-hydroxylation sites is 1. The fourth-order valence-corrected chi connectivity index (χ4v) is 5.76. The monoisotopic (exact) mass is 596 g/mol. The van der Waals surface area contributed by atoms with E-state index in [4.69, 9.17) is 8.83 Å². The number of carbonyl (C=O) groups excluding carboxylic acids is 2. The fourth-order valence-electron chi connectivity index (χ4n) is 4.86. The Balaban J connectivity index is 1.71. The summed E-state index contributed by atoms with van der Waals surface area (Å²) in [5, 5.41) is 1.28. The number of rotatable bonds is 5. The van der Waals surface area contributed by atoms with Crippen molar-refractivity contribution in [2.45, 2.75) is 13.0 Å². The van der Waals surface area contributed by atoms with Gasteiger partial charge in [0.25, 0.3) is 5.91 Å². The van der Waals surface area contributed by atoms with Crippen LogP contribution in [-0.2, 0) is 21.4 Å². The summed E-state index contributed by atoms with van der Waals surface area (Å²) in [7, 11) is -3.98. The third-order valence-corrected chi connectivity index (χ3v) is 7.52. The van der Waals surface area contributed by atoms with Crippen LogP contribution in [0.4, 0.5) is 4.39 Å². The number of amides is 1. The van der Waals surface area contributed by atoms with E-state index >= 15 is 4.39 Å². The molecule has 0 aliphatic heterocycles. The lowest BCUT2D eigenvalue weighted by Gasteiger charge is -2.13. The van der Waals surface area contributed by atoms with Crippen molar-refractivity contribution in [1.82, 2.24) is 9.29 Å². The summed E-state index contributed by atoms with van der Waals surface area (Å²) >= 11 is 3.46. The lowest BCUT2D eigenvalue weighted by Crippen LogP contribution is -2.32. The van der Waals surface area contributed by atoms with Crippen LogP contribution in [-0.4, -0.2) is 30.9 Å². The third kappa shape index (κ3) is 3.98. The van der Waals surface area contributed by atoms with Crippen molar-refractivity contribution in [3.05, 3.63) is 88.2 Å². The Morgan fingerprint density at radius 2 is 2.03 bits per heavy atom. The first-order valence-electron chi connectivity index (χ1n) is 11.4. The zero-order chi connectivity index (χ0) is 26.8. The standard InChI is InChI=1S/C27H18BrFN2O6S/c1-38(34,35)30-27(33)24-22(17-6-2-3-8-21(17)32)23-20(12-19(29)16-9-10-36-26(16)23)31(24)13-15-11-14-5-4-7-18(28)25(14)37-15/h2-7,9-12H,8,13H2,1H3,(H,30,33). The molecule has 0 fully saturated rings. The number of Topliss-reactive ketones (excluding diaryl/α,β-unsaturated/α-hetero) is 1. The van der Waals surface area contributed by atoms with E-state index in [2.05, 4.69) is 15.9 Å². The van der Waals surface area contributed by atoms with Crippen LogP contribution in [0.5, 0.6) is 0 Å². The number of sulfonamides is 1. The predicted octanol–water partition coefficient (Wildman–Crippen LogP) is 5.69. The largest absolute Gasteiger partial charge is 0.463 e. The Labute approximate surface area is 223 Å². The molecule has 0 atom stereocenters. The van der Waals surface area contributed by atoms with E-state index in [1.807, 2.05) is 22.9 Å². The molecular weight excluding hydrogens is 579 g/mol. The van der Waals surface area contributed by atoms with Crippen LogP contribution in [0.25, 0.3) is 38.4 Å². The number of nitrogens with one attached hydrogen (secondary N) is 1. The molecule has 3 aromatic heterocycles. The number of hydrogen-bond donors (Lipinski definition) is 1. The number of hydrogen-bond acceptors (Lipinski definition) is 6. The van der Waals surface area contributed by atoms with Crippen LogP contribution >= 0.6 is 15.9 Å². The van der Waals surface area contributed by atoms with Gasteiger partial charge in [0.05, 0.1) is 39.8 Å². The van der Waals surface area contributed by atoms with Gasteiger partial charge in [-0.25, -0.2) is 17.5 Å². The third-order valence-electron chi connectivity index (χ3n) is 6.34. The topological polar surface area (TPSA) is 112 Å². The molecule has 1 N–H and O–H groups in total. The molecule has 1 aliphatic carbocycles. The molecule has 8 nitrogen and oxygen atoms in total. The Bertz CT molecular complexity index is 1990. The minimum absolute atomic E-state index is 0.0624. The molecule has 2 aromatic carbocycles. The minimum Gasteiger partial charge on any atom is -0.463 e. The number of halogens is 2. The van der Waals surface area contributed by atoms with Gasteiger partial charge in [0.2, 0.25) is 10.0 Å². The molecule has 11 heteroatoms. The summed E-state index contributed by atoms with van der Waals surface area (Å²) in [6.07, 6.45) is 7.17. The number of allylic oxidation sites excluding steroid dienone is 4. The summed E-state index contributed by atoms with van der Waals surface area (Å²) in [5.74, 6) is -1.43. The number of nitrogens with zero attached hydrogens (tertiary/aromatic N) is 1. The Kier molecular flexibility index (Phi) is 5.65. The molecule has 6 rings (SSSR count). The van der Waals surface area contributed by atoms with Gasteiger partial charge < -0.3 is 13.4 Å². The first kappa shape index (κ1) is 24.4. The SMILES string of the molecule is CS(=O)(=O)NC(=O)c1c(C2=CC=CCC2=O)c2c3occc3c(F)cc2n1Cc1cc2cccc(Br)c2o1. The van der Waals surface area contributed by atoms with E-state index in [9.17, 15) is 18.0 Å². The highest BCUT2D eigenvalue weighted by atomic mass is 79.9. The zero-order valence-corrected chi connectivity index (χ0v) is 22.2. The van der Waals surface area contributed by atoms with Gasteiger partial charge in [-0.3, -0.25) is 9.59 Å². The van der Waals surface area contributed by atoms with Gasteiger partial charge >= 0.3 is 0 Å². The predicted molar refractivity (Wildman–Crippen MR) is 144 cm³/mol. The van der Waals surface area contributed by atoms with Crippen LogP contribution < -0.4 is 4.72 Å². The molecule has 3 heterocycles. The minimum atomic E-state index is -3.98. The molecule has 0 saturated carbocycles. The summed E-state index contributed by atoms with van der Waals surface area (Å²) in [6, 6.07) is 10.00. The molecule has 1 aliphatic rings. The average molecular weight is 597 g/mol. The molecular formula is C27H18BrFN2O6S. The van der Waals surface area contributed by atoms with Crippen molar-refractivity contribution in [2.75, 3.05) is 6.26 Å². The van der Waals surface area contributed by atoms with Crippen molar-refractivity contribution >= 4 is 76.1 Å². The van der Waals surface area contributed by atoms with Crippen LogP contribution in [0.15, 0.2) is 74.2 Å². The molecule has 192 valence electrons. The van der Waals surface area contributed by atoms with E-state index < -0.39 is 21.7 Å². The summed E-state index contributed by atoms with van der Waals surface area (Å²) in [6.45, 7) is -0.0624. The van der Waals surface area contributed by atoms with Gasteiger partial charge in [-0.1, -0.05) is 30.4 Å². The van der Waals surface area contributed by atoms with E-state index in [1.54, 1.807) is 24.3 Å². The summed E-state index contributed by atoms with van der Waals surface area (Å²) in [5.41, 5.74) is 1.16. The van der Waals surface area contributed by atoms with Gasteiger partial charge in [-0.05, 0) is 40.2 Å². The van der Waals surface area contributed by atoms with Crippen molar-refractivity contribution < 1.29 is 31.2 Å². The summed E-state index contributed by atoms with van der Waals surface area (Å²) < 4.78 is 55.3. The molecule has 0 bridgehead atoms. The van der Waals surface area contributed by atoms with E-state index in [0.29, 0.717) is 16.7 Å². The van der Waals surface area contributed by atoms with Gasteiger partial charge in [-0.15, -0.1) is 0 Å².